The van der Waals surface area contributed by atoms with Gasteiger partial charge in [0.15, 0.2) is 0 Å². The van der Waals surface area contributed by atoms with E-state index in [1.807, 2.05) is 24.3 Å². The lowest BCUT2D eigenvalue weighted by atomic mass is 10.1. The van der Waals surface area contributed by atoms with E-state index in [4.69, 9.17) is 34.8 Å². The molecule has 2 aromatic rings. The zero-order valence-corrected chi connectivity index (χ0v) is 13.8. The Hall–Kier alpha value is -0.930. The summed E-state index contributed by atoms with van der Waals surface area (Å²) in [6, 6.07) is 11.3. The average Bonchev–Trinajstić information content (AvgIpc) is 2.44. The van der Waals surface area contributed by atoms with Crippen LogP contribution in [-0.2, 0) is 13.0 Å². The molecule has 0 fully saturated rings. The quantitative estimate of drug-likeness (QED) is 0.793. The highest BCUT2D eigenvalue weighted by molar-refractivity contribution is 6.35. The molecule has 21 heavy (non-hydrogen) atoms. The third kappa shape index (κ3) is 4.79. The second-order valence-electron chi connectivity index (χ2n) is 5.01. The Balaban J connectivity index is 1.95. The summed E-state index contributed by atoms with van der Waals surface area (Å²) in [5.74, 6) is 0.0762. The average molecular weight is 345 g/mol. The highest BCUT2D eigenvalue weighted by Crippen LogP contribution is 2.31. The van der Waals surface area contributed by atoms with Crippen molar-refractivity contribution in [2.24, 2.45) is 0 Å². The van der Waals surface area contributed by atoms with Crippen LogP contribution in [0.15, 0.2) is 36.4 Å². The molecule has 1 unspecified atom stereocenters. The summed E-state index contributed by atoms with van der Waals surface area (Å²) >= 11 is 17.7. The molecular formula is C16H16Cl3NO. The van der Waals surface area contributed by atoms with Crippen molar-refractivity contribution in [1.82, 2.24) is 5.32 Å². The Bertz CT molecular complexity index is 614. The van der Waals surface area contributed by atoms with Gasteiger partial charge in [-0.1, -0.05) is 46.9 Å². The molecule has 112 valence electrons. The number of hydrogen-bond acceptors (Lipinski definition) is 2. The number of halogens is 3. The normalized spacial score (nSPS) is 12.4. The summed E-state index contributed by atoms with van der Waals surface area (Å²) in [6.45, 7) is 2.58. The third-order valence-corrected chi connectivity index (χ3v) is 3.96. The van der Waals surface area contributed by atoms with E-state index in [1.54, 1.807) is 6.07 Å². The minimum absolute atomic E-state index is 0.0762. The van der Waals surface area contributed by atoms with E-state index in [2.05, 4.69) is 12.2 Å². The zero-order valence-electron chi connectivity index (χ0n) is 11.5. The van der Waals surface area contributed by atoms with Gasteiger partial charge in [0.1, 0.15) is 5.75 Å². The predicted octanol–water partition coefficient (Wildman–Crippen LogP) is 5.07. The molecular weight excluding hydrogens is 329 g/mol. The van der Waals surface area contributed by atoms with Gasteiger partial charge in [0.2, 0.25) is 0 Å². The molecule has 0 heterocycles. The van der Waals surface area contributed by atoms with Crippen LogP contribution in [0.5, 0.6) is 5.75 Å². The van der Waals surface area contributed by atoms with Crippen LogP contribution in [-0.4, -0.2) is 11.1 Å². The fourth-order valence-electron chi connectivity index (χ4n) is 2.08. The van der Waals surface area contributed by atoms with Gasteiger partial charge in [-0.25, -0.2) is 0 Å². The van der Waals surface area contributed by atoms with Crippen LogP contribution < -0.4 is 5.32 Å². The molecule has 0 aliphatic heterocycles. The molecule has 0 bridgehead atoms. The number of phenolic OH excluding ortho intramolecular Hbond substituents is 1. The first-order valence-corrected chi connectivity index (χ1v) is 7.74. The summed E-state index contributed by atoms with van der Waals surface area (Å²) < 4.78 is 0. The van der Waals surface area contributed by atoms with E-state index in [9.17, 15) is 5.11 Å². The monoisotopic (exact) mass is 343 g/mol. The minimum atomic E-state index is 0.0762. The van der Waals surface area contributed by atoms with Crippen LogP contribution in [0.4, 0.5) is 0 Å². The standard InChI is InChI=1S/C16H16Cl3NO/c1-10(6-11-2-4-13(17)5-3-11)20-9-12-7-14(18)8-15(19)16(12)21/h2-5,7-8,10,20-21H,6,9H2,1H3. The molecule has 2 rings (SSSR count). The van der Waals surface area contributed by atoms with Gasteiger partial charge < -0.3 is 10.4 Å². The molecule has 0 spiro atoms. The van der Waals surface area contributed by atoms with Gasteiger partial charge >= 0.3 is 0 Å². The van der Waals surface area contributed by atoms with Crippen LogP contribution in [0.1, 0.15) is 18.1 Å². The Morgan fingerprint density at radius 2 is 1.71 bits per heavy atom. The summed E-state index contributed by atoms with van der Waals surface area (Å²) in [7, 11) is 0. The molecule has 0 aliphatic carbocycles. The van der Waals surface area contributed by atoms with Gasteiger partial charge in [-0.15, -0.1) is 0 Å². The Labute approximate surface area is 139 Å². The Morgan fingerprint density at radius 3 is 2.38 bits per heavy atom. The Kier molecular flexibility index (Phi) is 5.77. The number of hydrogen-bond donors (Lipinski definition) is 2. The molecule has 2 nitrogen and oxygen atoms in total. The van der Waals surface area contributed by atoms with Gasteiger partial charge in [0, 0.05) is 28.2 Å². The predicted molar refractivity (Wildman–Crippen MR) is 89.6 cm³/mol. The van der Waals surface area contributed by atoms with E-state index < -0.39 is 0 Å². The first-order valence-electron chi connectivity index (χ1n) is 6.60. The first kappa shape index (κ1) is 16.4. The fraction of sp³-hybridized carbons (Fsp3) is 0.250. The third-order valence-electron chi connectivity index (χ3n) is 3.20. The summed E-state index contributed by atoms with van der Waals surface area (Å²) in [5, 5.41) is 14.8. The van der Waals surface area contributed by atoms with Gasteiger partial charge in [-0.2, -0.15) is 0 Å². The van der Waals surface area contributed by atoms with Crippen LogP contribution >= 0.6 is 34.8 Å². The summed E-state index contributed by atoms with van der Waals surface area (Å²) in [5.41, 5.74) is 1.89. The molecule has 2 aromatic carbocycles. The van der Waals surface area contributed by atoms with Crippen molar-refractivity contribution in [3.8, 4) is 5.75 Å². The lowest BCUT2D eigenvalue weighted by Crippen LogP contribution is -2.27. The van der Waals surface area contributed by atoms with Crippen LogP contribution in [0.25, 0.3) is 0 Å². The second kappa shape index (κ2) is 7.37. The maximum Gasteiger partial charge on any atom is 0.138 e. The molecule has 0 aromatic heterocycles. The second-order valence-corrected chi connectivity index (χ2v) is 6.29. The molecule has 1 atom stereocenters. The lowest BCUT2D eigenvalue weighted by molar-refractivity contribution is 0.459. The topological polar surface area (TPSA) is 32.3 Å². The first-order chi connectivity index (χ1) is 9.95. The van der Waals surface area contributed by atoms with Crippen molar-refractivity contribution >= 4 is 34.8 Å². The van der Waals surface area contributed by atoms with Crippen molar-refractivity contribution in [3.05, 3.63) is 62.6 Å². The maximum atomic E-state index is 9.91. The largest absolute Gasteiger partial charge is 0.506 e. The van der Waals surface area contributed by atoms with Crippen molar-refractivity contribution in [3.63, 3.8) is 0 Å². The van der Waals surface area contributed by atoms with E-state index in [-0.39, 0.29) is 16.8 Å². The number of rotatable bonds is 5. The van der Waals surface area contributed by atoms with E-state index >= 15 is 0 Å². The van der Waals surface area contributed by atoms with E-state index in [0.29, 0.717) is 17.1 Å². The molecule has 0 radical (unpaired) electrons. The van der Waals surface area contributed by atoms with Crippen LogP contribution in [0, 0.1) is 0 Å². The smallest absolute Gasteiger partial charge is 0.138 e. The van der Waals surface area contributed by atoms with Gasteiger partial charge in [-0.3, -0.25) is 0 Å². The van der Waals surface area contributed by atoms with E-state index in [0.717, 1.165) is 11.4 Å². The van der Waals surface area contributed by atoms with Crippen LogP contribution in [0.2, 0.25) is 15.1 Å². The minimum Gasteiger partial charge on any atom is -0.506 e. The number of aromatic hydroxyl groups is 1. The van der Waals surface area contributed by atoms with Gasteiger partial charge in [0.25, 0.3) is 0 Å². The molecule has 0 aliphatic rings. The number of benzene rings is 2. The molecule has 5 heteroatoms. The zero-order chi connectivity index (χ0) is 15.4. The van der Waals surface area contributed by atoms with Gasteiger partial charge in [0.05, 0.1) is 5.02 Å². The molecule has 0 saturated carbocycles. The fourth-order valence-corrected chi connectivity index (χ4v) is 2.75. The number of phenols is 1. The molecule has 0 amide bonds. The van der Waals surface area contributed by atoms with Gasteiger partial charge in [-0.05, 0) is 43.2 Å². The Morgan fingerprint density at radius 1 is 1.05 bits per heavy atom. The molecule has 0 saturated heterocycles. The van der Waals surface area contributed by atoms with Crippen molar-refractivity contribution in [2.75, 3.05) is 0 Å². The van der Waals surface area contributed by atoms with Crippen molar-refractivity contribution < 1.29 is 5.11 Å². The highest BCUT2D eigenvalue weighted by Gasteiger charge is 2.10. The van der Waals surface area contributed by atoms with E-state index in [1.165, 1.54) is 11.6 Å². The lowest BCUT2D eigenvalue weighted by Gasteiger charge is -2.15. The summed E-state index contributed by atoms with van der Waals surface area (Å²) in [4.78, 5) is 0. The molecule has 2 N–H and O–H groups in total. The van der Waals surface area contributed by atoms with Crippen molar-refractivity contribution in [2.45, 2.75) is 25.9 Å². The SMILES string of the molecule is CC(Cc1ccc(Cl)cc1)NCc1cc(Cl)cc(Cl)c1O. The summed E-state index contributed by atoms with van der Waals surface area (Å²) in [6.07, 6.45) is 0.867. The maximum absolute atomic E-state index is 9.91. The van der Waals surface area contributed by atoms with Crippen molar-refractivity contribution in [1.29, 1.82) is 0 Å². The van der Waals surface area contributed by atoms with Crippen LogP contribution in [0.3, 0.4) is 0 Å². The number of nitrogens with one attached hydrogen (secondary N) is 1. The highest BCUT2D eigenvalue weighted by atomic mass is 35.5.